The van der Waals surface area contributed by atoms with Crippen LogP contribution < -0.4 is 10.3 Å². The number of para-hydroxylation sites is 1. The van der Waals surface area contributed by atoms with E-state index in [0.717, 1.165) is 24.2 Å². The van der Waals surface area contributed by atoms with Gasteiger partial charge in [0.15, 0.2) is 0 Å². The number of carboxylic acids is 1. The number of aromatic carboxylic acids is 1. The molecule has 0 aliphatic carbocycles. The molecule has 0 radical (unpaired) electrons. The minimum Gasteiger partial charge on any atom is -0.493 e. The monoisotopic (exact) mass is 392 g/mol. The van der Waals surface area contributed by atoms with Gasteiger partial charge in [-0.1, -0.05) is 38.5 Å². The predicted molar refractivity (Wildman–Crippen MR) is 114 cm³/mol. The van der Waals surface area contributed by atoms with Crippen molar-refractivity contribution in [2.45, 2.75) is 33.1 Å². The number of rotatable bonds is 8. The number of ether oxygens (including phenoxy) is 1. The molecule has 2 heterocycles. The van der Waals surface area contributed by atoms with E-state index in [1.807, 2.05) is 43.3 Å². The van der Waals surface area contributed by atoms with Crippen LogP contribution in [0.4, 0.5) is 0 Å². The van der Waals surface area contributed by atoms with Gasteiger partial charge in [0.1, 0.15) is 11.4 Å². The van der Waals surface area contributed by atoms with Crippen molar-refractivity contribution in [2.75, 3.05) is 6.61 Å². The predicted octanol–water partition coefficient (Wildman–Crippen LogP) is 4.30. The number of aromatic nitrogens is 2. The Morgan fingerprint density at radius 3 is 2.66 bits per heavy atom. The van der Waals surface area contributed by atoms with Crippen LogP contribution in [0.2, 0.25) is 0 Å². The Labute approximate surface area is 169 Å². The number of benzene rings is 1. The van der Waals surface area contributed by atoms with Crippen LogP contribution in [0.1, 0.15) is 53.9 Å². The van der Waals surface area contributed by atoms with Crippen LogP contribution in [-0.4, -0.2) is 27.1 Å². The first-order valence-electron chi connectivity index (χ1n) is 9.73. The number of carbonyl (C=O) groups is 1. The van der Waals surface area contributed by atoms with E-state index in [1.54, 1.807) is 6.07 Å². The second-order valence-electron chi connectivity index (χ2n) is 6.70. The Kier molecular flexibility index (Phi) is 6.44. The van der Waals surface area contributed by atoms with Gasteiger partial charge in [0.05, 0.1) is 17.9 Å². The van der Waals surface area contributed by atoms with E-state index < -0.39 is 5.97 Å². The highest BCUT2D eigenvalue weighted by Crippen LogP contribution is 2.21. The van der Waals surface area contributed by atoms with Gasteiger partial charge in [-0.3, -0.25) is 9.20 Å². The van der Waals surface area contributed by atoms with Crippen molar-refractivity contribution in [1.29, 1.82) is 0 Å². The Morgan fingerprint density at radius 1 is 1.14 bits per heavy atom. The number of fused-ring (bicyclic) bond motifs is 1. The van der Waals surface area contributed by atoms with Crippen LogP contribution in [0.3, 0.4) is 0 Å². The molecule has 6 nitrogen and oxygen atoms in total. The van der Waals surface area contributed by atoms with Crippen molar-refractivity contribution >= 4 is 23.8 Å². The van der Waals surface area contributed by atoms with Crippen molar-refractivity contribution in [3.8, 4) is 5.75 Å². The van der Waals surface area contributed by atoms with Gasteiger partial charge in [0.2, 0.25) is 0 Å². The number of nitrogens with zero attached hydrogens (tertiary/aromatic N) is 2. The summed E-state index contributed by atoms with van der Waals surface area (Å²) in [5.41, 5.74) is 2.28. The second-order valence-corrected chi connectivity index (χ2v) is 6.70. The molecule has 0 atom stereocenters. The Hall–Kier alpha value is -3.41. The van der Waals surface area contributed by atoms with Gasteiger partial charge >= 0.3 is 5.97 Å². The smallest absolute Gasteiger partial charge is 0.337 e. The van der Waals surface area contributed by atoms with Crippen LogP contribution in [-0.2, 0) is 6.42 Å². The highest BCUT2D eigenvalue weighted by Gasteiger charge is 2.12. The quantitative estimate of drug-likeness (QED) is 0.618. The molecule has 0 fully saturated rings. The fraction of sp³-hybridized carbons (Fsp3) is 0.261. The first-order chi connectivity index (χ1) is 14.0. The summed E-state index contributed by atoms with van der Waals surface area (Å²) in [5, 5.41) is 9.20. The number of pyridine rings is 1. The fourth-order valence-electron chi connectivity index (χ4n) is 3.07. The summed E-state index contributed by atoms with van der Waals surface area (Å²) in [6.45, 7) is 4.68. The largest absolute Gasteiger partial charge is 0.493 e. The SMILES string of the molecule is CCCOc1ccccc1/C=C/c1nc2ccc(C(=O)O)cn2c(=O)c1CCC. The molecule has 0 saturated heterocycles. The summed E-state index contributed by atoms with van der Waals surface area (Å²) in [5.74, 6) is -0.297. The zero-order valence-corrected chi connectivity index (χ0v) is 16.6. The molecule has 0 bridgehead atoms. The summed E-state index contributed by atoms with van der Waals surface area (Å²) in [4.78, 5) is 28.9. The highest BCUT2D eigenvalue weighted by molar-refractivity contribution is 5.87. The lowest BCUT2D eigenvalue weighted by molar-refractivity contribution is 0.0696. The van der Waals surface area contributed by atoms with Crippen LogP contribution in [0, 0.1) is 0 Å². The summed E-state index contributed by atoms with van der Waals surface area (Å²) in [7, 11) is 0. The average Bonchev–Trinajstić information content (AvgIpc) is 2.73. The minimum atomic E-state index is -1.08. The normalized spacial score (nSPS) is 11.2. The third-order valence-electron chi connectivity index (χ3n) is 4.50. The summed E-state index contributed by atoms with van der Waals surface area (Å²) in [6, 6.07) is 10.7. The summed E-state index contributed by atoms with van der Waals surface area (Å²) >= 11 is 0. The molecule has 3 aromatic rings. The molecular formula is C23H24N2O4. The topological polar surface area (TPSA) is 80.9 Å². The molecule has 150 valence electrons. The summed E-state index contributed by atoms with van der Waals surface area (Å²) < 4.78 is 7.10. The lowest BCUT2D eigenvalue weighted by Crippen LogP contribution is -2.22. The lowest BCUT2D eigenvalue weighted by Gasteiger charge is -2.10. The first-order valence-corrected chi connectivity index (χ1v) is 9.73. The maximum atomic E-state index is 13.0. The van der Waals surface area contributed by atoms with Gasteiger partial charge in [-0.2, -0.15) is 0 Å². The van der Waals surface area contributed by atoms with Crippen molar-refractivity contribution in [3.05, 3.63) is 75.3 Å². The van der Waals surface area contributed by atoms with E-state index in [-0.39, 0.29) is 11.1 Å². The van der Waals surface area contributed by atoms with Crippen LogP contribution in [0.15, 0.2) is 47.4 Å². The molecule has 0 unspecified atom stereocenters. The number of carboxylic acid groups (broad SMARTS) is 1. The van der Waals surface area contributed by atoms with Crippen molar-refractivity contribution < 1.29 is 14.6 Å². The molecule has 29 heavy (non-hydrogen) atoms. The molecule has 1 aromatic carbocycles. The van der Waals surface area contributed by atoms with Crippen molar-refractivity contribution in [1.82, 2.24) is 9.38 Å². The average molecular weight is 392 g/mol. The zero-order chi connectivity index (χ0) is 20.8. The van der Waals surface area contributed by atoms with Gasteiger partial charge in [-0.25, -0.2) is 9.78 Å². The Morgan fingerprint density at radius 2 is 1.93 bits per heavy atom. The van der Waals surface area contributed by atoms with E-state index in [2.05, 4.69) is 11.9 Å². The number of hydrogen-bond acceptors (Lipinski definition) is 4. The van der Waals surface area contributed by atoms with Crippen molar-refractivity contribution in [2.24, 2.45) is 0 Å². The molecule has 3 rings (SSSR count). The van der Waals surface area contributed by atoms with Gasteiger partial charge in [0.25, 0.3) is 5.56 Å². The zero-order valence-electron chi connectivity index (χ0n) is 16.6. The fourth-order valence-corrected chi connectivity index (χ4v) is 3.07. The van der Waals surface area contributed by atoms with E-state index in [9.17, 15) is 14.7 Å². The van der Waals surface area contributed by atoms with Gasteiger partial charge in [0, 0.05) is 17.3 Å². The molecule has 1 N–H and O–H groups in total. The van der Waals surface area contributed by atoms with Crippen molar-refractivity contribution in [3.63, 3.8) is 0 Å². The molecule has 0 spiro atoms. The molecule has 0 aliphatic heterocycles. The van der Waals surface area contributed by atoms with Crippen LogP contribution in [0.5, 0.6) is 5.75 Å². The van der Waals surface area contributed by atoms with Gasteiger partial charge in [-0.05, 0) is 43.2 Å². The maximum absolute atomic E-state index is 13.0. The third-order valence-corrected chi connectivity index (χ3v) is 4.50. The molecular weight excluding hydrogens is 368 g/mol. The van der Waals surface area contributed by atoms with Gasteiger partial charge < -0.3 is 9.84 Å². The maximum Gasteiger partial charge on any atom is 0.337 e. The van der Waals surface area contributed by atoms with E-state index in [0.29, 0.717) is 29.9 Å². The standard InChI is InChI=1S/C23H24N2O4/c1-3-7-18-19(12-10-16-8-5-6-9-20(16)29-14-4-2)24-21-13-11-17(23(27)28)15-25(21)22(18)26/h5-6,8-13,15H,3-4,7,14H2,1-2H3,(H,27,28)/b12-10+. The summed E-state index contributed by atoms with van der Waals surface area (Å²) in [6.07, 6.45) is 7.30. The molecule has 0 saturated carbocycles. The Balaban J connectivity index is 2.08. The Bertz CT molecular complexity index is 1120. The number of hydrogen-bond donors (Lipinski definition) is 1. The van der Waals surface area contributed by atoms with E-state index >= 15 is 0 Å². The molecule has 0 aliphatic rings. The highest BCUT2D eigenvalue weighted by atomic mass is 16.5. The van der Waals surface area contributed by atoms with Crippen LogP contribution >= 0.6 is 0 Å². The first kappa shape index (κ1) is 20.3. The molecule has 0 amide bonds. The second kappa shape index (κ2) is 9.19. The van der Waals surface area contributed by atoms with Gasteiger partial charge in [-0.15, -0.1) is 0 Å². The molecule has 6 heteroatoms. The van der Waals surface area contributed by atoms with Crippen LogP contribution in [0.25, 0.3) is 17.8 Å². The lowest BCUT2D eigenvalue weighted by atomic mass is 10.1. The van der Waals surface area contributed by atoms with E-state index in [4.69, 9.17) is 4.74 Å². The minimum absolute atomic E-state index is 0.0501. The third kappa shape index (κ3) is 4.54. The molecule has 2 aromatic heterocycles. The van der Waals surface area contributed by atoms with E-state index in [1.165, 1.54) is 16.7 Å².